The van der Waals surface area contributed by atoms with Gasteiger partial charge in [-0.3, -0.25) is 9.67 Å². The molecule has 5 heteroatoms. The van der Waals surface area contributed by atoms with Gasteiger partial charge in [-0.05, 0) is 12.1 Å². The second kappa shape index (κ2) is 4.42. The van der Waals surface area contributed by atoms with Crippen LogP contribution in [0.3, 0.4) is 0 Å². The van der Waals surface area contributed by atoms with Gasteiger partial charge in [-0.25, -0.2) is 0 Å². The van der Waals surface area contributed by atoms with Crippen molar-refractivity contribution >= 4 is 11.6 Å². The molecule has 1 unspecified atom stereocenters. The molecule has 0 spiro atoms. The van der Waals surface area contributed by atoms with E-state index in [4.69, 9.17) is 17.3 Å². The van der Waals surface area contributed by atoms with Gasteiger partial charge in [-0.1, -0.05) is 17.7 Å². The fourth-order valence-corrected chi connectivity index (χ4v) is 1.57. The summed E-state index contributed by atoms with van der Waals surface area (Å²) >= 11 is 5.80. The van der Waals surface area contributed by atoms with Crippen LogP contribution < -0.4 is 5.73 Å². The number of hydrogen-bond donors (Lipinski definition) is 1. The maximum absolute atomic E-state index is 5.80. The molecule has 2 N–H and O–H groups in total. The fourth-order valence-electron chi connectivity index (χ4n) is 1.42. The second-order valence-corrected chi connectivity index (χ2v) is 3.58. The molecule has 0 saturated heterocycles. The first-order valence-electron chi connectivity index (χ1n) is 4.62. The number of halogens is 1. The van der Waals surface area contributed by atoms with Crippen LogP contribution in [-0.4, -0.2) is 21.3 Å². The molecule has 0 fully saturated rings. The van der Waals surface area contributed by atoms with Gasteiger partial charge in [0, 0.05) is 18.9 Å². The highest BCUT2D eigenvalue weighted by Crippen LogP contribution is 2.16. The molecule has 4 nitrogen and oxygen atoms in total. The fraction of sp³-hybridized carbons (Fsp3) is 0.200. The molecule has 2 rings (SSSR count). The van der Waals surface area contributed by atoms with E-state index in [2.05, 4.69) is 10.1 Å². The van der Waals surface area contributed by atoms with Crippen molar-refractivity contribution in [1.82, 2.24) is 14.8 Å². The largest absolute Gasteiger partial charge is 0.328 e. The van der Waals surface area contributed by atoms with E-state index in [-0.39, 0.29) is 6.04 Å². The van der Waals surface area contributed by atoms with Crippen molar-refractivity contribution in [3.63, 3.8) is 0 Å². The van der Waals surface area contributed by atoms with Crippen LogP contribution in [0.15, 0.2) is 36.8 Å². The Bertz CT molecular complexity index is 426. The lowest BCUT2D eigenvalue weighted by Crippen LogP contribution is -2.21. The van der Waals surface area contributed by atoms with Crippen molar-refractivity contribution in [1.29, 1.82) is 0 Å². The molecule has 0 aliphatic heterocycles. The lowest BCUT2D eigenvalue weighted by atomic mass is 10.2. The van der Waals surface area contributed by atoms with Gasteiger partial charge in [0.2, 0.25) is 0 Å². The average molecular weight is 223 g/mol. The minimum absolute atomic E-state index is 0.0568. The lowest BCUT2D eigenvalue weighted by Gasteiger charge is -2.14. The Morgan fingerprint density at radius 2 is 2.33 bits per heavy atom. The molecule has 0 aliphatic carbocycles. The Morgan fingerprint density at radius 3 is 2.87 bits per heavy atom. The molecule has 78 valence electrons. The number of hydrogen-bond acceptors (Lipinski definition) is 3. The van der Waals surface area contributed by atoms with Gasteiger partial charge >= 0.3 is 0 Å². The van der Waals surface area contributed by atoms with Crippen LogP contribution in [0.5, 0.6) is 0 Å². The molecule has 2 heterocycles. The predicted octanol–water partition coefficient (Wildman–Crippen LogP) is 1.48. The van der Waals surface area contributed by atoms with Crippen LogP contribution in [0, 0.1) is 0 Å². The van der Waals surface area contributed by atoms with Gasteiger partial charge in [-0.15, -0.1) is 0 Å². The molecular formula is C10H11ClN4. The van der Waals surface area contributed by atoms with E-state index >= 15 is 0 Å². The predicted molar refractivity (Wildman–Crippen MR) is 58.7 cm³/mol. The first-order valence-corrected chi connectivity index (χ1v) is 4.99. The van der Waals surface area contributed by atoms with Gasteiger partial charge in [0.1, 0.15) is 6.04 Å². The zero-order valence-electron chi connectivity index (χ0n) is 8.05. The molecule has 2 aromatic rings. The molecule has 0 saturated carbocycles. The van der Waals surface area contributed by atoms with Crippen LogP contribution >= 0.6 is 11.6 Å². The number of aromatic nitrogens is 3. The molecule has 0 aliphatic rings. The normalized spacial score (nSPS) is 12.7. The van der Waals surface area contributed by atoms with E-state index < -0.39 is 0 Å². The van der Waals surface area contributed by atoms with E-state index in [1.165, 1.54) is 0 Å². The Hall–Kier alpha value is -1.39. The summed E-state index contributed by atoms with van der Waals surface area (Å²) in [5.74, 6) is 0. The highest BCUT2D eigenvalue weighted by Gasteiger charge is 2.13. The summed E-state index contributed by atoms with van der Waals surface area (Å²) in [5, 5.41) is 4.73. The Balaban J connectivity index is 2.33. The van der Waals surface area contributed by atoms with Crippen molar-refractivity contribution in [3.8, 4) is 0 Å². The quantitative estimate of drug-likeness (QED) is 0.856. The molecule has 0 radical (unpaired) electrons. The van der Waals surface area contributed by atoms with E-state index in [9.17, 15) is 0 Å². The maximum Gasteiger partial charge on any atom is 0.106 e. The van der Waals surface area contributed by atoms with Gasteiger partial charge in [0.15, 0.2) is 0 Å². The zero-order valence-corrected chi connectivity index (χ0v) is 8.80. The van der Waals surface area contributed by atoms with Crippen LogP contribution in [-0.2, 0) is 0 Å². The first kappa shape index (κ1) is 10.1. The van der Waals surface area contributed by atoms with Crippen molar-refractivity contribution in [2.45, 2.75) is 6.04 Å². The number of pyridine rings is 1. The second-order valence-electron chi connectivity index (χ2n) is 3.14. The topological polar surface area (TPSA) is 56.7 Å². The highest BCUT2D eigenvalue weighted by atomic mass is 35.5. The third kappa shape index (κ3) is 2.16. The van der Waals surface area contributed by atoms with E-state index in [1.54, 1.807) is 23.3 Å². The molecule has 0 amide bonds. The number of nitrogens with zero attached hydrogens (tertiary/aromatic N) is 3. The monoisotopic (exact) mass is 222 g/mol. The molecular weight excluding hydrogens is 212 g/mol. The summed E-state index contributed by atoms with van der Waals surface area (Å²) < 4.78 is 1.73. The molecule has 0 aromatic carbocycles. The van der Waals surface area contributed by atoms with E-state index in [0.717, 1.165) is 5.69 Å². The third-order valence-corrected chi connectivity index (χ3v) is 2.34. The van der Waals surface area contributed by atoms with Crippen LogP contribution in [0.1, 0.15) is 11.7 Å². The van der Waals surface area contributed by atoms with Gasteiger partial charge in [0.05, 0.1) is 16.9 Å². The van der Waals surface area contributed by atoms with Gasteiger partial charge < -0.3 is 5.73 Å². The van der Waals surface area contributed by atoms with Crippen molar-refractivity contribution in [2.24, 2.45) is 5.73 Å². The number of nitrogens with two attached hydrogens (primary N) is 1. The molecule has 0 bridgehead atoms. The Morgan fingerprint density at radius 1 is 1.47 bits per heavy atom. The summed E-state index contributed by atoms with van der Waals surface area (Å²) in [4.78, 5) is 4.25. The maximum atomic E-state index is 5.80. The smallest absolute Gasteiger partial charge is 0.106 e. The van der Waals surface area contributed by atoms with E-state index in [1.807, 2.05) is 18.2 Å². The Labute approximate surface area is 92.7 Å². The Kier molecular flexibility index (Phi) is 2.99. The molecule has 15 heavy (non-hydrogen) atoms. The summed E-state index contributed by atoms with van der Waals surface area (Å²) in [6.07, 6.45) is 5.07. The minimum Gasteiger partial charge on any atom is -0.328 e. The zero-order chi connectivity index (χ0) is 10.7. The highest BCUT2D eigenvalue weighted by molar-refractivity contribution is 6.30. The van der Waals surface area contributed by atoms with E-state index in [0.29, 0.717) is 11.6 Å². The van der Waals surface area contributed by atoms with Crippen molar-refractivity contribution in [2.75, 3.05) is 6.54 Å². The standard InChI is InChI=1S/C10H11ClN4/c11-8-6-14-15(7-8)10(5-12)9-3-1-2-4-13-9/h1-4,6-7,10H,5,12H2. The van der Waals surface area contributed by atoms with Crippen LogP contribution in [0.4, 0.5) is 0 Å². The van der Waals surface area contributed by atoms with Gasteiger partial charge in [0.25, 0.3) is 0 Å². The van der Waals surface area contributed by atoms with Gasteiger partial charge in [-0.2, -0.15) is 5.10 Å². The summed E-state index contributed by atoms with van der Waals surface area (Å²) in [5.41, 5.74) is 6.59. The molecule has 1 atom stereocenters. The third-order valence-electron chi connectivity index (χ3n) is 2.14. The average Bonchev–Trinajstić information content (AvgIpc) is 2.68. The minimum atomic E-state index is -0.0568. The number of rotatable bonds is 3. The lowest BCUT2D eigenvalue weighted by molar-refractivity contribution is 0.520. The van der Waals surface area contributed by atoms with Crippen molar-refractivity contribution < 1.29 is 0 Å². The van der Waals surface area contributed by atoms with Crippen molar-refractivity contribution in [3.05, 3.63) is 47.5 Å². The summed E-state index contributed by atoms with van der Waals surface area (Å²) in [7, 11) is 0. The SMILES string of the molecule is NCC(c1ccccn1)n1cc(Cl)cn1. The molecule has 2 aromatic heterocycles. The summed E-state index contributed by atoms with van der Waals surface area (Å²) in [6.45, 7) is 0.440. The van der Waals surface area contributed by atoms with Crippen LogP contribution in [0.2, 0.25) is 5.02 Å². The summed E-state index contributed by atoms with van der Waals surface area (Å²) in [6, 6.07) is 5.66. The first-order chi connectivity index (χ1) is 7.31. The van der Waals surface area contributed by atoms with Crippen LogP contribution in [0.25, 0.3) is 0 Å².